The Morgan fingerprint density at radius 3 is 2.28 bits per heavy atom. The minimum atomic E-state index is 0.732. The number of fused-ring (bicyclic) bond motifs is 5. The zero-order chi connectivity index (χ0) is 16.8. The van der Waals surface area contributed by atoms with Gasteiger partial charge in [0.2, 0.25) is 0 Å². The Balaban J connectivity index is 1.74. The summed E-state index contributed by atoms with van der Waals surface area (Å²) in [7, 11) is 0. The fraction of sp³-hybridized carbons (Fsp3) is 0.0435. The lowest BCUT2D eigenvalue weighted by molar-refractivity contribution is 1.27. The van der Waals surface area contributed by atoms with Gasteiger partial charge >= 0.3 is 0 Å². The molecule has 5 rings (SSSR count). The van der Waals surface area contributed by atoms with Crippen molar-refractivity contribution in [3.8, 4) is 11.1 Å². The van der Waals surface area contributed by atoms with Crippen molar-refractivity contribution < 1.29 is 0 Å². The molecule has 0 fully saturated rings. The van der Waals surface area contributed by atoms with Crippen molar-refractivity contribution in [2.75, 3.05) is 5.32 Å². The second-order valence-electron chi connectivity index (χ2n) is 6.44. The predicted octanol–water partition coefficient (Wildman–Crippen LogP) is 6.81. The van der Waals surface area contributed by atoms with Crippen LogP contribution in [0.15, 0.2) is 78.9 Å². The van der Waals surface area contributed by atoms with Crippen molar-refractivity contribution in [3.05, 3.63) is 95.0 Å². The van der Waals surface area contributed by atoms with Crippen LogP contribution in [0.1, 0.15) is 11.1 Å². The number of para-hydroxylation sites is 1. The zero-order valence-corrected chi connectivity index (χ0v) is 14.3. The third-order valence-corrected chi connectivity index (χ3v) is 5.27. The van der Waals surface area contributed by atoms with Crippen LogP contribution in [0.2, 0.25) is 5.02 Å². The molecule has 0 unspecified atom stereocenters. The van der Waals surface area contributed by atoms with Gasteiger partial charge in [0.1, 0.15) is 0 Å². The summed E-state index contributed by atoms with van der Waals surface area (Å²) in [6.07, 6.45) is 0.980. The summed E-state index contributed by atoms with van der Waals surface area (Å²) in [5.74, 6) is 0. The topological polar surface area (TPSA) is 12.0 Å². The van der Waals surface area contributed by atoms with E-state index in [-0.39, 0.29) is 0 Å². The number of anilines is 2. The zero-order valence-electron chi connectivity index (χ0n) is 13.6. The van der Waals surface area contributed by atoms with E-state index >= 15 is 0 Å². The van der Waals surface area contributed by atoms with Gasteiger partial charge in [-0.15, -0.1) is 0 Å². The third kappa shape index (κ3) is 2.32. The number of hydrogen-bond donors (Lipinski definition) is 1. The molecule has 1 N–H and O–H groups in total. The summed E-state index contributed by atoms with van der Waals surface area (Å²) in [4.78, 5) is 0. The largest absolute Gasteiger partial charge is 0.354 e. The molecule has 0 heterocycles. The first-order chi connectivity index (χ1) is 12.3. The lowest BCUT2D eigenvalue weighted by atomic mass is 9.96. The molecule has 4 aromatic carbocycles. The fourth-order valence-corrected chi connectivity index (χ4v) is 4.01. The van der Waals surface area contributed by atoms with Crippen LogP contribution in [0, 0.1) is 0 Å². The maximum Gasteiger partial charge on any atom is 0.0640 e. The van der Waals surface area contributed by atoms with Gasteiger partial charge in [-0.3, -0.25) is 0 Å². The first-order valence-corrected chi connectivity index (χ1v) is 8.83. The second-order valence-corrected chi connectivity index (χ2v) is 6.85. The van der Waals surface area contributed by atoms with Crippen LogP contribution in [0.4, 0.5) is 11.4 Å². The van der Waals surface area contributed by atoms with E-state index in [0.717, 1.165) is 22.8 Å². The molecule has 0 aliphatic heterocycles. The summed E-state index contributed by atoms with van der Waals surface area (Å²) in [5.41, 5.74) is 7.54. The Bertz CT molecular complexity index is 1110. The van der Waals surface area contributed by atoms with Gasteiger partial charge in [-0.25, -0.2) is 0 Å². The van der Waals surface area contributed by atoms with E-state index in [0.29, 0.717) is 0 Å². The molecular weight excluding hydrogens is 326 g/mol. The fourth-order valence-electron chi connectivity index (χ4n) is 3.83. The van der Waals surface area contributed by atoms with Gasteiger partial charge < -0.3 is 5.32 Å². The molecule has 1 aliphatic rings. The lowest BCUT2D eigenvalue weighted by Crippen LogP contribution is -1.95. The highest BCUT2D eigenvalue weighted by Crippen LogP contribution is 2.44. The Labute approximate surface area is 151 Å². The first-order valence-electron chi connectivity index (χ1n) is 8.46. The van der Waals surface area contributed by atoms with Crippen molar-refractivity contribution in [2.45, 2.75) is 6.42 Å². The highest BCUT2D eigenvalue weighted by molar-refractivity contribution is 6.33. The average molecular weight is 342 g/mol. The van der Waals surface area contributed by atoms with Crippen molar-refractivity contribution >= 4 is 33.7 Å². The molecule has 0 spiro atoms. The van der Waals surface area contributed by atoms with E-state index in [1.54, 1.807) is 0 Å². The van der Waals surface area contributed by atoms with E-state index in [9.17, 15) is 0 Å². The molecule has 1 nitrogen and oxygen atoms in total. The predicted molar refractivity (Wildman–Crippen MR) is 107 cm³/mol. The molecule has 0 atom stereocenters. The van der Waals surface area contributed by atoms with Gasteiger partial charge in [0.05, 0.1) is 10.7 Å². The molecular formula is C23H16ClN. The number of rotatable bonds is 2. The number of hydrogen-bond acceptors (Lipinski definition) is 1. The van der Waals surface area contributed by atoms with Gasteiger partial charge in [0.15, 0.2) is 0 Å². The van der Waals surface area contributed by atoms with Crippen LogP contribution < -0.4 is 5.32 Å². The minimum absolute atomic E-state index is 0.732. The Hall–Kier alpha value is -2.77. The monoisotopic (exact) mass is 341 g/mol. The van der Waals surface area contributed by atoms with E-state index in [1.165, 1.54) is 33.0 Å². The van der Waals surface area contributed by atoms with E-state index < -0.39 is 0 Å². The molecule has 0 amide bonds. The van der Waals surface area contributed by atoms with Crippen molar-refractivity contribution in [3.63, 3.8) is 0 Å². The molecule has 4 aromatic rings. The maximum absolute atomic E-state index is 6.35. The van der Waals surface area contributed by atoms with Gasteiger partial charge in [-0.2, -0.15) is 0 Å². The normalized spacial score (nSPS) is 12.0. The molecule has 0 saturated heterocycles. The number of benzene rings is 4. The van der Waals surface area contributed by atoms with E-state index in [4.69, 9.17) is 11.6 Å². The highest BCUT2D eigenvalue weighted by Gasteiger charge is 2.22. The minimum Gasteiger partial charge on any atom is -0.354 e. The van der Waals surface area contributed by atoms with Crippen molar-refractivity contribution in [1.29, 1.82) is 0 Å². The standard InChI is InChI=1S/C23H16ClN/c24-20-11-5-6-12-21(20)25-22-14-16-13-15-7-1-2-8-17(15)23(16)19-10-4-3-9-18(19)22/h1-12,14,25H,13H2. The lowest BCUT2D eigenvalue weighted by Gasteiger charge is -2.15. The molecule has 0 radical (unpaired) electrons. The first kappa shape index (κ1) is 14.6. The average Bonchev–Trinajstić information content (AvgIpc) is 3.02. The maximum atomic E-state index is 6.35. The highest BCUT2D eigenvalue weighted by atomic mass is 35.5. The Kier molecular flexibility index (Phi) is 3.29. The van der Waals surface area contributed by atoms with Crippen LogP contribution in [-0.2, 0) is 6.42 Å². The molecule has 120 valence electrons. The summed E-state index contributed by atoms with van der Waals surface area (Å²) >= 11 is 6.35. The number of halogens is 1. The van der Waals surface area contributed by atoms with Gasteiger partial charge in [0, 0.05) is 11.1 Å². The molecule has 2 heteroatoms. The van der Waals surface area contributed by atoms with Crippen LogP contribution >= 0.6 is 11.6 Å². The van der Waals surface area contributed by atoms with Crippen molar-refractivity contribution in [1.82, 2.24) is 0 Å². The molecule has 1 aliphatic carbocycles. The summed E-state index contributed by atoms with van der Waals surface area (Å²) in [6.45, 7) is 0. The van der Waals surface area contributed by atoms with Crippen LogP contribution in [0.3, 0.4) is 0 Å². The smallest absolute Gasteiger partial charge is 0.0640 e. The summed E-state index contributed by atoms with van der Waals surface area (Å²) in [6, 6.07) is 27.5. The van der Waals surface area contributed by atoms with Crippen molar-refractivity contribution in [2.24, 2.45) is 0 Å². The molecule has 0 bridgehead atoms. The van der Waals surface area contributed by atoms with Gasteiger partial charge in [0.25, 0.3) is 0 Å². The molecule has 0 saturated carbocycles. The molecule has 25 heavy (non-hydrogen) atoms. The SMILES string of the molecule is Clc1ccccc1Nc1cc2c(c3ccccc13)-c1ccccc1C2. The van der Waals surface area contributed by atoms with Gasteiger partial charge in [-0.05, 0) is 52.3 Å². The van der Waals surface area contributed by atoms with Crippen LogP contribution in [0.5, 0.6) is 0 Å². The molecule has 0 aromatic heterocycles. The van der Waals surface area contributed by atoms with E-state index in [2.05, 4.69) is 59.9 Å². The van der Waals surface area contributed by atoms with Crippen LogP contribution in [0.25, 0.3) is 21.9 Å². The number of nitrogens with one attached hydrogen (secondary N) is 1. The third-order valence-electron chi connectivity index (χ3n) is 4.94. The Morgan fingerprint density at radius 2 is 1.40 bits per heavy atom. The van der Waals surface area contributed by atoms with E-state index in [1.807, 2.05) is 24.3 Å². The summed E-state index contributed by atoms with van der Waals surface area (Å²) < 4.78 is 0. The quantitative estimate of drug-likeness (QED) is 0.372. The Morgan fingerprint density at radius 1 is 0.680 bits per heavy atom. The van der Waals surface area contributed by atoms with Crippen LogP contribution in [-0.4, -0.2) is 0 Å². The second kappa shape index (κ2) is 5.65. The summed E-state index contributed by atoms with van der Waals surface area (Å²) in [5, 5.41) is 6.78. The van der Waals surface area contributed by atoms with Gasteiger partial charge in [-0.1, -0.05) is 72.3 Å².